The van der Waals surface area contributed by atoms with Crippen LogP contribution in [-0.4, -0.2) is 11.2 Å². The van der Waals surface area contributed by atoms with Gasteiger partial charge >= 0.3 is 6.03 Å². The summed E-state index contributed by atoms with van der Waals surface area (Å²) in [7, 11) is 0. The van der Waals surface area contributed by atoms with Crippen molar-refractivity contribution in [1.82, 2.24) is 10.8 Å². The lowest BCUT2D eigenvalue weighted by Gasteiger charge is -2.30. The molecule has 0 heterocycles. The predicted molar refractivity (Wildman–Crippen MR) is 86.4 cm³/mol. The molecule has 0 aliphatic heterocycles. The van der Waals surface area contributed by atoms with E-state index in [1.54, 1.807) is 11.5 Å². The summed E-state index contributed by atoms with van der Waals surface area (Å²) in [5.74, 6) is 0.702. The zero-order valence-electron chi connectivity index (χ0n) is 12.8. The lowest BCUT2D eigenvalue weighted by Crippen LogP contribution is -2.47. The number of urea groups is 1. The van der Waals surface area contributed by atoms with Gasteiger partial charge < -0.3 is 10.1 Å². The summed E-state index contributed by atoms with van der Waals surface area (Å²) < 4.78 is 18.9. The van der Waals surface area contributed by atoms with Gasteiger partial charge in [0.25, 0.3) is 0 Å². The summed E-state index contributed by atoms with van der Waals surface area (Å²) >= 11 is 0. The average Bonchev–Trinajstić information content (AvgIpc) is 3.07. The zero-order chi connectivity index (χ0) is 17.0. The largest absolute Gasteiger partial charge is 0.457 e. The van der Waals surface area contributed by atoms with Crippen LogP contribution in [-0.2, 0) is 5.54 Å². The fraction of sp³-hybridized carbons (Fsp3) is 0.167. The Balaban J connectivity index is 1.96. The van der Waals surface area contributed by atoms with Gasteiger partial charge in [-0.05, 0) is 43.2 Å². The van der Waals surface area contributed by atoms with Crippen LogP contribution in [0.1, 0.15) is 18.4 Å². The summed E-state index contributed by atoms with van der Waals surface area (Å²) in [4.78, 5) is 11.7. The Hall–Kier alpha value is -2.86. The highest BCUT2D eigenvalue weighted by molar-refractivity contribution is 5.74. The van der Waals surface area contributed by atoms with E-state index < -0.39 is 11.6 Å². The molecule has 3 rings (SSSR count). The summed E-state index contributed by atoms with van der Waals surface area (Å²) in [6, 6.07) is 12.3. The van der Waals surface area contributed by atoms with E-state index in [4.69, 9.17) is 9.94 Å². The van der Waals surface area contributed by atoms with Gasteiger partial charge in [0.1, 0.15) is 17.3 Å². The number of nitrogens with one attached hydrogen (secondary N) is 2. The number of benzene rings is 2. The standard InChI is InChI=1S/C18H17FN2O3/c19-13-7-9-14(10-8-13)24-16-6-2-1-5-15(16)18(11-3-4-12-18)20-17(22)21-23/h1-3,5-11,23H,4,12H2,(H2,20,21,22). The number of halogens is 1. The van der Waals surface area contributed by atoms with Gasteiger partial charge in [-0.1, -0.05) is 30.4 Å². The van der Waals surface area contributed by atoms with Gasteiger partial charge in [-0.3, -0.25) is 5.21 Å². The molecule has 6 heteroatoms. The van der Waals surface area contributed by atoms with Crippen LogP contribution in [0.15, 0.2) is 60.7 Å². The van der Waals surface area contributed by atoms with Crippen molar-refractivity contribution >= 4 is 6.03 Å². The third-order valence-corrected chi connectivity index (χ3v) is 3.95. The highest BCUT2D eigenvalue weighted by Gasteiger charge is 2.36. The quantitative estimate of drug-likeness (QED) is 0.453. The van der Waals surface area contributed by atoms with Crippen molar-refractivity contribution in [2.24, 2.45) is 0 Å². The number of carbonyl (C=O) groups is 1. The Kier molecular flexibility index (Phi) is 4.48. The van der Waals surface area contributed by atoms with Gasteiger partial charge in [0, 0.05) is 5.56 Å². The van der Waals surface area contributed by atoms with Crippen LogP contribution < -0.4 is 15.5 Å². The van der Waals surface area contributed by atoms with Crippen molar-refractivity contribution in [3.8, 4) is 11.5 Å². The van der Waals surface area contributed by atoms with Gasteiger partial charge in [0.05, 0.1) is 5.54 Å². The number of para-hydroxylation sites is 1. The number of hydrogen-bond donors (Lipinski definition) is 3. The molecule has 2 aromatic carbocycles. The van der Waals surface area contributed by atoms with E-state index >= 15 is 0 Å². The Morgan fingerprint density at radius 1 is 1.17 bits per heavy atom. The first-order chi connectivity index (χ1) is 11.6. The smallest absolute Gasteiger partial charge is 0.339 e. The van der Waals surface area contributed by atoms with E-state index in [1.807, 2.05) is 30.4 Å². The Morgan fingerprint density at radius 2 is 1.92 bits per heavy atom. The predicted octanol–water partition coefficient (Wildman–Crippen LogP) is 3.85. The second kappa shape index (κ2) is 6.72. The summed E-state index contributed by atoms with van der Waals surface area (Å²) in [5, 5.41) is 11.6. The second-order valence-electron chi connectivity index (χ2n) is 5.53. The molecule has 0 bridgehead atoms. The van der Waals surface area contributed by atoms with E-state index in [0.717, 1.165) is 12.0 Å². The number of rotatable bonds is 4. The molecule has 5 nitrogen and oxygen atoms in total. The highest BCUT2D eigenvalue weighted by atomic mass is 19.1. The van der Waals surface area contributed by atoms with Crippen molar-refractivity contribution in [2.45, 2.75) is 18.4 Å². The Bertz CT molecular complexity index is 761. The van der Waals surface area contributed by atoms with Crippen LogP contribution in [0, 0.1) is 5.82 Å². The van der Waals surface area contributed by atoms with Crippen molar-refractivity contribution < 1.29 is 19.1 Å². The number of amides is 2. The van der Waals surface area contributed by atoms with Gasteiger partial charge in [0.15, 0.2) is 0 Å². The van der Waals surface area contributed by atoms with Crippen LogP contribution >= 0.6 is 0 Å². The van der Waals surface area contributed by atoms with E-state index in [0.29, 0.717) is 17.9 Å². The third kappa shape index (κ3) is 3.23. The lowest BCUT2D eigenvalue weighted by atomic mass is 9.88. The number of carbonyl (C=O) groups excluding carboxylic acids is 1. The van der Waals surface area contributed by atoms with Crippen LogP contribution in [0.2, 0.25) is 0 Å². The minimum absolute atomic E-state index is 0.341. The molecule has 0 saturated heterocycles. The van der Waals surface area contributed by atoms with Crippen LogP contribution in [0.3, 0.4) is 0 Å². The molecule has 0 saturated carbocycles. The minimum atomic E-state index is -0.774. The van der Waals surface area contributed by atoms with Crippen LogP contribution in [0.5, 0.6) is 11.5 Å². The summed E-state index contributed by atoms with van der Waals surface area (Å²) in [5.41, 5.74) is 1.58. The number of allylic oxidation sites excluding steroid dienone is 1. The maximum Gasteiger partial charge on any atom is 0.339 e. The van der Waals surface area contributed by atoms with Crippen molar-refractivity contribution in [2.75, 3.05) is 0 Å². The number of hydroxylamine groups is 1. The highest BCUT2D eigenvalue weighted by Crippen LogP contribution is 2.40. The molecule has 2 amide bonds. The summed E-state index contributed by atoms with van der Waals surface area (Å²) in [6.45, 7) is 0. The van der Waals surface area contributed by atoms with Crippen LogP contribution in [0.4, 0.5) is 9.18 Å². The topological polar surface area (TPSA) is 70.6 Å². The first-order valence-electron chi connectivity index (χ1n) is 7.56. The van der Waals surface area contributed by atoms with Crippen molar-refractivity contribution in [3.05, 3.63) is 72.1 Å². The molecule has 0 radical (unpaired) electrons. The fourth-order valence-electron chi connectivity index (χ4n) is 2.86. The third-order valence-electron chi connectivity index (χ3n) is 3.95. The molecule has 1 aliphatic rings. The first kappa shape index (κ1) is 16.0. The molecule has 3 N–H and O–H groups in total. The maximum absolute atomic E-state index is 13.1. The second-order valence-corrected chi connectivity index (χ2v) is 5.53. The van der Waals surface area contributed by atoms with Crippen molar-refractivity contribution in [1.29, 1.82) is 0 Å². The molecule has 24 heavy (non-hydrogen) atoms. The van der Waals surface area contributed by atoms with Crippen molar-refractivity contribution in [3.63, 3.8) is 0 Å². The summed E-state index contributed by atoms with van der Waals surface area (Å²) in [6.07, 6.45) is 5.28. The minimum Gasteiger partial charge on any atom is -0.457 e. The normalized spacial score (nSPS) is 19.1. The number of hydrogen-bond acceptors (Lipinski definition) is 3. The molecule has 1 unspecified atom stereocenters. The average molecular weight is 328 g/mol. The molecule has 2 aromatic rings. The Labute approximate surface area is 138 Å². The molecule has 1 aliphatic carbocycles. The molecule has 0 spiro atoms. The Morgan fingerprint density at radius 3 is 2.58 bits per heavy atom. The fourth-order valence-corrected chi connectivity index (χ4v) is 2.86. The molecular formula is C18H17FN2O3. The van der Waals surface area contributed by atoms with E-state index in [2.05, 4.69) is 5.32 Å². The van der Waals surface area contributed by atoms with Gasteiger partial charge in [-0.15, -0.1) is 0 Å². The van der Waals surface area contributed by atoms with Gasteiger partial charge in [0.2, 0.25) is 0 Å². The molecular weight excluding hydrogens is 311 g/mol. The zero-order valence-corrected chi connectivity index (χ0v) is 12.8. The molecule has 0 fully saturated rings. The lowest BCUT2D eigenvalue weighted by molar-refractivity contribution is 0.154. The SMILES string of the molecule is O=C(NO)NC1(c2ccccc2Oc2ccc(F)cc2)C=CCC1. The van der Waals surface area contributed by atoms with Gasteiger partial charge in [-0.2, -0.15) is 0 Å². The molecule has 0 aromatic heterocycles. The monoisotopic (exact) mass is 328 g/mol. The maximum atomic E-state index is 13.1. The van der Waals surface area contributed by atoms with E-state index in [1.165, 1.54) is 24.3 Å². The number of ether oxygens (including phenoxy) is 1. The first-order valence-corrected chi connectivity index (χ1v) is 7.56. The van der Waals surface area contributed by atoms with E-state index in [-0.39, 0.29) is 5.82 Å². The van der Waals surface area contributed by atoms with Crippen LogP contribution in [0.25, 0.3) is 0 Å². The van der Waals surface area contributed by atoms with Gasteiger partial charge in [-0.25, -0.2) is 14.7 Å². The molecule has 124 valence electrons. The molecule has 1 atom stereocenters. The van der Waals surface area contributed by atoms with E-state index in [9.17, 15) is 9.18 Å².